The second kappa shape index (κ2) is 5.73. The van der Waals surface area contributed by atoms with Crippen LogP contribution >= 0.6 is 34.2 Å². The molecule has 0 N–H and O–H groups in total. The first-order chi connectivity index (χ1) is 10.1. The van der Waals surface area contributed by atoms with Gasteiger partial charge in [-0.1, -0.05) is 23.7 Å². The SMILES string of the molecule is Cn1nc(-c2ccccc2Cl)nc1-c1cc(I)ccc1F. The molecule has 6 heteroatoms. The topological polar surface area (TPSA) is 30.7 Å². The van der Waals surface area contributed by atoms with Crippen molar-refractivity contribution in [3.8, 4) is 22.8 Å². The minimum Gasteiger partial charge on any atom is -0.248 e. The summed E-state index contributed by atoms with van der Waals surface area (Å²) in [4.78, 5) is 4.44. The van der Waals surface area contributed by atoms with E-state index in [-0.39, 0.29) is 5.82 Å². The van der Waals surface area contributed by atoms with E-state index >= 15 is 0 Å². The summed E-state index contributed by atoms with van der Waals surface area (Å²) in [7, 11) is 1.74. The van der Waals surface area contributed by atoms with Crippen LogP contribution < -0.4 is 0 Å². The molecule has 0 saturated heterocycles. The maximum absolute atomic E-state index is 14.0. The Bertz CT molecular complexity index is 816. The van der Waals surface area contributed by atoms with Crippen molar-refractivity contribution in [2.24, 2.45) is 7.05 Å². The van der Waals surface area contributed by atoms with Crippen molar-refractivity contribution in [2.75, 3.05) is 0 Å². The van der Waals surface area contributed by atoms with Crippen LogP contribution in [0.1, 0.15) is 0 Å². The molecule has 1 heterocycles. The van der Waals surface area contributed by atoms with Gasteiger partial charge in [0.2, 0.25) is 0 Å². The van der Waals surface area contributed by atoms with Crippen LogP contribution in [0, 0.1) is 9.39 Å². The van der Waals surface area contributed by atoms with E-state index in [9.17, 15) is 4.39 Å². The van der Waals surface area contributed by atoms with Crippen molar-refractivity contribution in [1.82, 2.24) is 14.8 Å². The molecule has 0 aliphatic heterocycles. The third kappa shape index (κ3) is 2.80. The van der Waals surface area contributed by atoms with Gasteiger partial charge in [0.15, 0.2) is 11.6 Å². The number of nitrogens with zero attached hydrogens (tertiary/aromatic N) is 3. The molecule has 0 unspecified atom stereocenters. The van der Waals surface area contributed by atoms with Gasteiger partial charge in [-0.25, -0.2) is 14.1 Å². The molecule has 3 rings (SSSR count). The van der Waals surface area contributed by atoms with Crippen molar-refractivity contribution in [3.63, 3.8) is 0 Å². The molecule has 1 aromatic heterocycles. The maximum Gasteiger partial charge on any atom is 0.183 e. The lowest BCUT2D eigenvalue weighted by Crippen LogP contribution is -1.97. The second-order valence-electron chi connectivity index (χ2n) is 4.49. The summed E-state index contributed by atoms with van der Waals surface area (Å²) in [5, 5.41) is 4.91. The standard InChI is InChI=1S/C15H10ClFIN3/c1-21-15(11-8-9(18)6-7-13(11)17)19-14(20-21)10-4-2-3-5-12(10)16/h2-8H,1H3. The molecule has 0 amide bonds. The average molecular weight is 414 g/mol. The van der Waals surface area contributed by atoms with Crippen molar-refractivity contribution in [2.45, 2.75) is 0 Å². The van der Waals surface area contributed by atoms with Gasteiger partial charge >= 0.3 is 0 Å². The smallest absolute Gasteiger partial charge is 0.183 e. The fourth-order valence-corrected chi connectivity index (χ4v) is 2.76. The highest BCUT2D eigenvalue weighted by atomic mass is 127. The summed E-state index contributed by atoms with van der Waals surface area (Å²) in [5.41, 5.74) is 1.15. The van der Waals surface area contributed by atoms with Gasteiger partial charge in [0.25, 0.3) is 0 Å². The van der Waals surface area contributed by atoms with E-state index in [1.165, 1.54) is 6.07 Å². The van der Waals surface area contributed by atoms with Gasteiger partial charge in [0.1, 0.15) is 5.82 Å². The van der Waals surface area contributed by atoms with Gasteiger partial charge < -0.3 is 0 Å². The van der Waals surface area contributed by atoms with Crippen molar-refractivity contribution < 1.29 is 4.39 Å². The van der Waals surface area contributed by atoms with E-state index in [0.29, 0.717) is 22.2 Å². The molecule has 3 nitrogen and oxygen atoms in total. The van der Waals surface area contributed by atoms with Gasteiger partial charge in [-0.05, 0) is 52.9 Å². The van der Waals surface area contributed by atoms with Crippen LogP contribution in [0.5, 0.6) is 0 Å². The lowest BCUT2D eigenvalue weighted by Gasteiger charge is -2.02. The van der Waals surface area contributed by atoms with Gasteiger partial charge in [-0.3, -0.25) is 0 Å². The molecule has 0 radical (unpaired) electrons. The molecule has 21 heavy (non-hydrogen) atoms. The Morgan fingerprint density at radius 1 is 1.14 bits per heavy atom. The van der Waals surface area contributed by atoms with E-state index in [0.717, 1.165) is 9.13 Å². The first kappa shape index (κ1) is 14.5. The molecule has 0 bridgehead atoms. The van der Waals surface area contributed by atoms with Gasteiger partial charge in [-0.15, -0.1) is 0 Å². The highest BCUT2D eigenvalue weighted by Crippen LogP contribution is 2.28. The summed E-state index contributed by atoms with van der Waals surface area (Å²) < 4.78 is 16.5. The monoisotopic (exact) mass is 413 g/mol. The van der Waals surface area contributed by atoms with Gasteiger partial charge in [-0.2, -0.15) is 5.10 Å². The predicted molar refractivity (Wildman–Crippen MR) is 89.6 cm³/mol. The summed E-state index contributed by atoms with van der Waals surface area (Å²) in [6.45, 7) is 0. The van der Waals surface area contributed by atoms with E-state index in [1.54, 1.807) is 29.9 Å². The number of halogens is 3. The molecule has 0 aliphatic carbocycles. The molecule has 0 saturated carbocycles. The quantitative estimate of drug-likeness (QED) is 0.577. The Kier molecular flexibility index (Phi) is 3.95. The Hall–Kier alpha value is -1.47. The van der Waals surface area contributed by atoms with Gasteiger partial charge in [0.05, 0.1) is 10.6 Å². The van der Waals surface area contributed by atoms with Crippen LogP contribution in [0.4, 0.5) is 4.39 Å². The number of benzene rings is 2. The summed E-state index contributed by atoms with van der Waals surface area (Å²) in [6, 6.07) is 12.2. The number of hydrogen-bond donors (Lipinski definition) is 0. The summed E-state index contributed by atoms with van der Waals surface area (Å²) >= 11 is 8.30. The van der Waals surface area contributed by atoms with Crippen LogP contribution in [-0.2, 0) is 7.05 Å². The third-order valence-corrected chi connectivity index (χ3v) is 4.05. The minimum atomic E-state index is -0.323. The highest BCUT2D eigenvalue weighted by Gasteiger charge is 2.16. The predicted octanol–water partition coefficient (Wildman–Crippen LogP) is 4.55. The zero-order valence-corrected chi connectivity index (χ0v) is 13.9. The fraction of sp³-hybridized carbons (Fsp3) is 0.0667. The van der Waals surface area contributed by atoms with Crippen LogP contribution in [0.3, 0.4) is 0 Å². The molecule has 0 spiro atoms. The van der Waals surface area contributed by atoms with E-state index in [2.05, 4.69) is 32.7 Å². The summed E-state index contributed by atoms with van der Waals surface area (Å²) in [6.07, 6.45) is 0. The first-order valence-corrected chi connectivity index (χ1v) is 7.63. The summed E-state index contributed by atoms with van der Waals surface area (Å²) in [5.74, 6) is 0.633. The third-order valence-electron chi connectivity index (χ3n) is 3.05. The Morgan fingerprint density at radius 2 is 1.90 bits per heavy atom. The molecule has 3 aromatic rings. The number of rotatable bonds is 2. The Labute approximate surface area is 139 Å². The zero-order valence-electron chi connectivity index (χ0n) is 11.0. The largest absolute Gasteiger partial charge is 0.248 e. The van der Waals surface area contributed by atoms with Crippen molar-refractivity contribution >= 4 is 34.2 Å². The highest BCUT2D eigenvalue weighted by molar-refractivity contribution is 14.1. The Balaban J connectivity index is 2.15. The second-order valence-corrected chi connectivity index (χ2v) is 6.14. The maximum atomic E-state index is 14.0. The molecular formula is C15H10ClFIN3. The number of aromatic nitrogens is 3. The first-order valence-electron chi connectivity index (χ1n) is 6.17. The average Bonchev–Trinajstić information content (AvgIpc) is 2.84. The fourth-order valence-electron chi connectivity index (χ4n) is 2.04. The van der Waals surface area contributed by atoms with Crippen molar-refractivity contribution in [1.29, 1.82) is 0 Å². The van der Waals surface area contributed by atoms with Crippen LogP contribution in [0.2, 0.25) is 5.02 Å². The number of hydrogen-bond acceptors (Lipinski definition) is 2. The van der Waals surface area contributed by atoms with E-state index < -0.39 is 0 Å². The van der Waals surface area contributed by atoms with E-state index in [4.69, 9.17) is 11.6 Å². The molecular weight excluding hydrogens is 404 g/mol. The van der Waals surface area contributed by atoms with Crippen LogP contribution in [0.25, 0.3) is 22.8 Å². The van der Waals surface area contributed by atoms with Crippen LogP contribution in [0.15, 0.2) is 42.5 Å². The van der Waals surface area contributed by atoms with E-state index in [1.807, 2.05) is 18.2 Å². The molecule has 0 fully saturated rings. The van der Waals surface area contributed by atoms with Crippen molar-refractivity contribution in [3.05, 3.63) is 56.9 Å². The Morgan fingerprint density at radius 3 is 2.67 bits per heavy atom. The van der Waals surface area contributed by atoms with Crippen LogP contribution in [-0.4, -0.2) is 14.8 Å². The number of aryl methyl sites for hydroxylation is 1. The molecule has 0 atom stereocenters. The lowest BCUT2D eigenvalue weighted by atomic mass is 10.2. The van der Waals surface area contributed by atoms with Gasteiger partial charge in [0, 0.05) is 16.2 Å². The molecule has 106 valence electrons. The minimum absolute atomic E-state index is 0.323. The normalized spacial score (nSPS) is 10.9. The zero-order chi connectivity index (χ0) is 15.0. The molecule has 2 aromatic carbocycles. The molecule has 0 aliphatic rings. The lowest BCUT2D eigenvalue weighted by molar-refractivity contribution is 0.627.